The highest BCUT2D eigenvalue weighted by Gasteiger charge is 2.06. The topological polar surface area (TPSA) is 55.8 Å². The summed E-state index contributed by atoms with van der Waals surface area (Å²) in [6.45, 7) is -0.220. The van der Waals surface area contributed by atoms with Gasteiger partial charge in [-0.1, -0.05) is 60.7 Å². The van der Waals surface area contributed by atoms with Crippen molar-refractivity contribution in [3.8, 4) is 5.75 Å². The highest BCUT2D eigenvalue weighted by atomic mass is 16.6. The van der Waals surface area contributed by atoms with Gasteiger partial charge < -0.3 is 14.6 Å². The fraction of sp³-hybridized carbons (Fsp3) is 0.0952. The van der Waals surface area contributed by atoms with Crippen LogP contribution in [0.2, 0.25) is 0 Å². The number of carbonyl (C=O) groups excluding carboxylic acids is 1. The standard InChI is InChI=1S/C21H18O4/c22-18(13-17-9-6-8-16-7-4-5-12-20(16)17)14-25-21(23)15-24-19-10-2-1-3-11-19/h1-12,14,22H,13,15H2/b18-14-. The largest absolute Gasteiger partial charge is 0.509 e. The van der Waals surface area contributed by atoms with Crippen LogP contribution in [0.3, 0.4) is 0 Å². The first-order chi connectivity index (χ1) is 12.2. The SMILES string of the molecule is O=C(COc1ccccc1)O/C=C(\O)Cc1cccc2ccccc12. The first-order valence-corrected chi connectivity index (χ1v) is 7.94. The Kier molecular flexibility index (Phi) is 5.32. The van der Waals surface area contributed by atoms with E-state index in [0.717, 1.165) is 22.6 Å². The molecule has 0 amide bonds. The summed E-state index contributed by atoms with van der Waals surface area (Å²) in [6, 6.07) is 22.8. The zero-order chi connectivity index (χ0) is 17.5. The molecule has 3 aromatic rings. The van der Waals surface area contributed by atoms with Crippen LogP contribution in [0.1, 0.15) is 5.56 Å². The van der Waals surface area contributed by atoms with Crippen LogP contribution in [0.5, 0.6) is 5.75 Å². The predicted molar refractivity (Wildman–Crippen MR) is 96.4 cm³/mol. The Labute approximate surface area is 145 Å². The van der Waals surface area contributed by atoms with Gasteiger partial charge in [0, 0.05) is 6.42 Å². The molecule has 0 unspecified atom stereocenters. The number of esters is 1. The second-order valence-electron chi connectivity index (χ2n) is 5.52. The summed E-state index contributed by atoms with van der Waals surface area (Å²) in [4.78, 5) is 11.7. The van der Waals surface area contributed by atoms with Gasteiger partial charge in [0.1, 0.15) is 17.8 Å². The number of hydrogen-bond donors (Lipinski definition) is 1. The molecule has 0 atom stereocenters. The zero-order valence-corrected chi connectivity index (χ0v) is 13.6. The third kappa shape index (κ3) is 4.61. The van der Waals surface area contributed by atoms with Gasteiger partial charge in [0.25, 0.3) is 0 Å². The molecular weight excluding hydrogens is 316 g/mol. The third-order valence-electron chi connectivity index (χ3n) is 3.68. The molecule has 3 rings (SSSR count). The average molecular weight is 334 g/mol. The lowest BCUT2D eigenvalue weighted by molar-refractivity contribution is -0.140. The van der Waals surface area contributed by atoms with Crippen LogP contribution in [0.4, 0.5) is 0 Å². The maximum absolute atomic E-state index is 11.7. The van der Waals surface area contributed by atoms with Crippen LogP contribution < -0.4 is 4.74 Å². The van der Waals surface area contributed by atoms with E-state index in [9.17, 15) is 9.90 Å². The molecule has 0 saturated heterocycles. The molecule has 0 aromatic heterocycles. The summed E-state index contributed by atoms with van der Waals surface area (Å²) in [5.41, 5.74) is 0.962. The van der Waals surface area contributed by atoms with Gasteiger partial charge >= 0.3 is 5.97 Å². The first-order valence-electron chi connectivity index (χ1n) is 7.94. The Morgan fingerprint density at radius 1 is 0.920 bits per heavy atom. The average Bonchev–Trinajstić information content (AvgIpc) is 2.66. The van der Waals surface area contributed by atoms with Crippen molar-refractivity contribution in [3.05, 3.63) is 90.4 Å². The summed E-state index contributed by atoms with van der Waals surface area (Å²) in [7, 11) is 0. The van der Waals surface area contributed by atoms with Gasteiger partial charge in [-0.3, -0.25) is 0 Å². The van der Waals surface area contributed by atoms with E-state index in [0.29, 0.717) is 5.75 Å². The maximum atomic E-state index is 11.7. The second-order valence-corrected chi connectivity index (χ2v) is 5.52. The maximum Gasteiger partial charge on any atom is 0.349 e. The van der Waals surface area contributed by atoms with Crippen molar-refractivity contribution in [1.29, 1.82) is 0 Å². The molecule has 4 heteroatoms. The van der Waals surface area contributed by atoms with Gasteiger partial charge in [0.05, 0.1) is 0 Å². The molecular formula is C21H18O4. The Bertz CT molecular complexity index is 879. The van der Waals surface area contributed by atoms with Crippen molar-refractivity contribution in [2.75, 3.05) is 6.61 Å². The van der Waals surface area contributed by atoms with Gasteiger partial charge in [0.15, 0.2) is 6.61 Å². The fourth-order valence-corrected chi connectivity index (χ4v) is 2.51. The predicted octanol–water partition coefficient (Wildman–Crippen LogP) is 4.40. The lowest BCUT2D eigenvalue weighted by Gasteiger charge is -2.07. The minimum absolute atomic E-state index is 0.0237. The van der Waals surface area contributed by atoms with Crippen LogP contribution in [-0.4, -0.2) is 17.7 Å². The van der Waals surface area contributed by atoms with Crippen molar-refractivity contribution >= 4 is 16.7 Å². The van der Waals surface area contributed by atoms with Crippen molar-refractivity contribution in [2.45, 2.75) is 6.42 Å². The number of allylic oxidation sites excluding steroid dienone is 1. The monoisotopic (exact) mass is 334 g/mol. The Morgan fingerprint density at radius 3 is 2.48 bits per heavy atom. The van der Waals surface area contributed by atoms with Crippen LogP contribution in [0, 0.1) is 0 Å². The van der Waals surface area contributed by atoms with Gasteiger partial charge in [0.2, 0.25) is 0 Å². The van der Waals surface area contributed by atoms with Gasteiger partial charge in [-0.25, -0.2) is 4.79 Å². The minimum Gasteiger partial charge on any atom is -0.509 e. The number of para-hydroxylation sites is 1. The smallest absolute Gasteiger partial charge is 0.349 e. The first kappa shape index (κ1) is 16.6. The molecule has 0 bridgehead atoms. The quantitative estimate of drug-likeness (QED) is 0.536. The minimum atomic E-state index is -0.576. The number of aliphatic hydroxyl groups excluding tert-OH is 1. The van der Waals surface area contributed by atoms with E-state index in [2.05, 4.69) is 0 Å². The van der Waals surface area contributed by atoms with E-state index in [1.165, 1.54) is 0 Å². The van der Waals surface area contributed by atoms with Crippen LogP contribution in [0.15, 0.2) is 84.8 Å². The molecule has 0 aliphatic rings. The van der Waals surface area contributed by atoms with E-state index < -0.39 is 5.97 Å². The van der Waals surface area contributed by atoms with Crippen LogP contribution in [-0.2, 0) is 16.0 Å². The molecule has 126 valence electrons. The highest BCUT2D eigenvalue weighted by Crippen LogP contribution is 2.20. The summed E-state index contributed by atoms with van der Waals surface area (Å²) in [5.74, 6) is -0.0128. The van der Waals surface area contributed by atoms with Crippen LogP contribution >= 0.6 is 0 Å². The van der Waals surface area contributed by atoms with Crippen molar-refractivity contribution < 1.29 is 19.4 Å². The van der Waals surface area contributed by atoms with E-state index >= 15 is 0 Å². The lowest BCUT2D eigenvalue weighted by Crippen LogP contribution is -2.12. The number of benzene rings is 3. The molecule has 0 aliphatic carbocycles. The molecule has 1 N–H and O–H groups in total. The second kappa shape index (κ2) is 8.02. The Hall–Kier alpha value is -3.27. The zero-order valence-electron chi connectivity index (χ0n) is 13.6. The summed E-state index contributed by atoms with van der Waals surface area (Å²) in [5, 5.41) is 12.2. The number of rotatable bonds is 6. The number of hydrogen-bond acceptors (Lipinski definition) is 4. The van der Waals surface area contributed by atoms with Crippen molar-refractivity contribution in [1.82, 2.24) is 0 Å². The molecule has 0 saturated carbocycles. The molecule has 0 aliphatic heterocycles. The normalized spacial score (nSPS) is 11.3. The Balaban J connectivity index is 1.57. The highest BCUT2D eigenvalue weighted by molar-refractivity contribution is 5.85. The van der Waals surface area contributed by atoms with E-state index in [4.69, 9.17) is 9.47 Å². The molecule has 3 aromatic carbocycles. The third-order valence-corrected chi connectivity index (χ3v) is 3.68. The van der Waals surface area contributed by atoms with E-state index in [-0.39, 0.29) is 18.8 Å². The molecule has 0 heterocycles. The summed E-state index contributed by atoms with van der Waals surface area (Å²) >= 11 is 0. The Morgan fingerprint density at radius 2 is 1.64 bits per heavy atom. The van der Waals surface area contributed by atoms with Crippen molar-refractivity contribution in [2.24, 2.45) is 0 Å². The van der Waals surface area contributed by atoms with Crippen molar-refractivity contribution in [3.63, 3.8) is 0 Å². The van der Waals surface area contributed by atoms with E-state index in [1.54, 1.807) is 12.1 Å². The molecule has 0 radical (unpaired) electrons. The van der Waals surface area contributed by atoms with Gasteiger partial charge in [-0.2, -0.15) is 0 Å². The van der Waals surface area contributed by atoms with E-state index in [1.807, 2.05) is 60.7 Å². The van der Waals surface area contributed by atoms with Gasteiger partial charge in [-0.15, -0.1) is 0 Å². The molecule has 4 nitrogen and oxygen atoms in total. The number of fused-ring (bicyclic) bond motifs is 1. The molecule has 0 spiro atoms. The summed E-state index contributed by atoms with van der Waals surface area (Å²) in [6.07, 6.45) is 1.35. The summed E-state index contributed by atoms with van der Waals surface area (Å²) < 4.78 is 10.2. The fourth-order valence-electron chi connectivity index (χ4n) is 2.51. The number of ether oxygens (including phenoxy) is 2. The molecule has 25 heavy (non-hydrogen) atoms. The van der Waals surface area contributed by atoms with Gasteiger partial charge in [-0.05, 0) is 28.5 Å². The number of carbonyl (C=O) groups is 1. The molecule has 0 fully saturated rings. The lowest BCUT2D eigenvalue weighted by atomic mass is 10.0. The number of aliphatic hydroxyl groups is 1. The van der Waals surface area contributed by atoms with Crippen LogP contribution in [0.25, 0.3) is 10.8 Å².